The average Bonchev–Trinajstić information content (AvgIpc) is 3.19. The van der Waals surface area contributed by atoms with Crippen LogP contribution in [0.5, 0.6) is 0 Å². The van der Waals surface area contributed by atoms with E-state index in [4.69, 9.17) is 0 Å². The molecule has 1 aromatic rings. The molecule has 3 rings (SSSR count). The van der Waals surface area contributed by atoms with E-state index in [9.17, 15) is 9.59 Å². The minimum Gasteiger partial charge on any atom is -0.335 e. The molecule has 1 aromatic carbocycles. The maximum Gasteiger partial charge on any atom is 0.321 e. The molecular weight excluding hydrogens is 290 g/mol. The maximum absolute atomic E-state index is 12.1. The Morgan fingerprint density at radius 2 is 1.78 bits per heavy atom. The minimum atomic E-state index is -0.350. The number of nitrogens with zero attached hydrogens (tertiary/aromatic N) is 1. The Morgan fingerprint density at radius 3 is 2.52 bits per heavy atom. The first-order valence-electron chi connectivity index (χ1n) is 8.62. The molecule has 5 heteroatoms. The summed E-state index contributed by atoms with van der Waals surface area (Å²) in [4.78, 5) is 26.2. The molecule has 0 radical (unpaired) electrons. The summed E-state index contributed by atoms with van der Waals surface area (Å²) in [5.41, 5.74) is 1.24. The number of hydrogen-bond donors (Lipinski definition) is 2. The van der Waals surface area contributed by atoms with Gasteiger partial charge < -0.3 is 5.32 Å². The highest BCUT2D eigenvalue weighted by atomic mass is 16.2. The van der Waals surface area contributed by atoms with Crippen molar-refractivity contribution >= 4 is 11.9 Å². The van der Waals surface area contributed by atoms with Gasteiger partial charge in [0.1, 0.15) is 0 Å². The number of benzene rings is 1. The number of nitrogens with one attached hydrogen (secondary N) is 2. The fourth-order valence-corrected chi connectivity index (χ4v) is 3.71. The molecule has 1 saturated heterocycles. The summed E-state index contributed by atoms with van der Waals surface area (Å²) in [6.45, 7) is 1.18. The van der Waals surface area contributed by atoms with E-state index < -0.39 is 0 Å². The predicted molar refractivity (Wildman–Crippen MR) is 88.9 cm³/mol. The monoisotopic (exact) mass is 315 g/mol. The Morgan fingerprint density at radius 1 is 1.04 bits per heavy atom. The summed E-state index contributed by atoms with van der Waals surface area (Å²) in [5, 5.41) is 5.36. The van der Waals surface area contributed by atoms with Crippen LogP contribution < -0.4 is 10.6 Å². The largest absolute Gasteiger partial charge is 0.335 e. The Kier molecular flexibility index (Phi) is 5.28. The third kappa shape index (κ3) is 4.32. The Hall–Kier alpha value is -1.88. The zero-order valence-electron chi connectivity index (χ0n) is 13.5. The predicted octanol–water partition coefficient (Wildman–Crippen LogP) is 2.59. The lowest BCUT2D eigenvalue weighted by atomic mass is 10.0. The molecular formula is C18H25N3O2. The van der Waals surface area contributed by atoms with Crippen molar-refractivity contribution in [3.63, 3.8) is 0 Å². The zero-order valence-corrected chi connectivity index (χ0v) is 13.5. The number of urea groups is 1. The van der Waals surface area contributed by atoms with Crippen LogP contribution in [0.4, 0.5) is 4.79 Å². The molecule has 1 saturated carbocycles. The van der Waals surface area contributed by atoms with E-state index in [0.29, 0.717) is 0 Å². The van der Waals surface area contributed by atoms with E-state index in [-0.39, 0.29) is 30.6 Å². The molecule has 0 spiro atoms. The van der Waals surface area contributed by atoms with Gasteiger partial charge in [-0.2, -0.15) is 0 Å². The van der Waals surface area contributed by atoms with Crippen LogP contribution in [0.2, 0.25) is 0 Å². The summed E-state index contributed by atoms with van der Waals surface area (Å²) in [5.74, 6) is -0.219. The number of imide groups is 1. The second kappa shape index (κ2) is 7.59. The number of amides is 3. The summed E-state index contributed by atoms with van der Waals surface area (Å²) < 4.78 is 0. The molecule has 3 amide bonds. The molecule has 0 bridgehead atoms. The highest BCUT2D eigenvalue weighted by Crippen LogP contribution is 2.31. The lowest BCUT2D eigenvalue weighted by Gasteiger charge is -2.24. The van der Waals surface area contributed by atoms with Crippen LogP contribution in [0.15, 0.2) is 30.3 Å². The summed E-state index contributed by atoms with van der Waals surface area (Å²) in [6, 6.07) is 10.4. The average molecular weight is 315 g/mol. The van der Waals surface area contributed by atoms with E-state index in [1.165, 1.54) is 5.56 Å². The molecule has 0 aromatic heterocycles. The van der Waals surface area contributed by atoms with Crippen molar-refractivity contribution in [2.75, 3.05) is 13.1 Å². The van der Waals surface area contributed by atoms with Gasteiger partial charge in [0.25, 0.3) is 0 Å². The third-order valence-electron chi connectivity index (χ3n) is 4.84. The van der Waals surface area contributed by atoms with Gasteiger partial charge in [0.2, 0.25) is 5.91 Å². The molecule has 23 heavy (non-hydrogen) atoms. The first kappa shape index (κ1) is 16.0. The van der Waals surface area contributed by atoms with Crippen molar-refractivity contribution in [1.29, 1.82) is 0 Å². The first-order valence-corrected chi connectivity index (χ1v) is 8.62. The summed E-state index contributed by atoms with van der Waals surface area (Å²) in [6.07, 6.45) is 6.50. The van der Waals surface area contributed by atoms with Crippen LogP contribution in [0.3, 0.4) is 0 Å². The van der Waals surface area contributed by atoms with Gasteiger partial charge >= 0.3 is 6.03 Å². The Labute approximate surface area is 137 Å². The van der Waals surface area contributed by atoms with Crippen LogP contribution in [-0.4, -0.2) is 36.0 Å². The van der Waals surface area contributed by atoms with Crippen LogP contribution in [0.25, 0.3) is 0 Å². The van der Waals surface area contributed by atoms with E-state index in [1.54, 1.807) is 0 Å². The maximum atomic E-state index is 12.1. The van der Waals surface area contributed by atoms with Crippen molar-refractivity contribution in [3.05, 3.63) is 35.9 Å². The normalized spacial score (nSPS) is 22.2. The van der Waals surface area contributed by atoms with Crippen LogP contribution >= 0.6 is 0 Å². The van der Waals surface area contributed by atoms with Gasteiger partial charge in [0.15, 0.2) is 0 Å². The zero-order chi connectivity index (χ0) is 16.1. The van der Waals surface area contributed by atoms with Crippen LogP contribution in [0, 0.1) is 0 Å². The van der Waals surface area contributed by atoms with Crippen molar-refractivity contribution in [1.82, 2.24) is 15.5 Å². The van der Waals surface area contributed by atoms with Crippen molar-refractivity contribution in [3.8, 4) is 0 Å². The number of carbonyl (C=O) groups is 2. The molecule has 1 atom stereocenters. The molecule has 2 aliphatic rings. The number of carbonyl (C=O) groups excluding carboxylic acids is 2. The van der Waals surface area contributed by atoms with Gasteiger partial charge in [-0.3, -0.25) is 15.0 Å². The van der Waals surface area contributed by atoms with Crippen molar-refractivity contribution in [2.45, 2.75) is 50.6 Å². The quantitative estimate of drug-likeness (QED) is 0.898. The standard InChI is InChI=1S/C18H25N3O2/c22-17(20-18(23)19-15-9-4-5-10-15)13-21-12-6-11-16(21)14-7-2-1-3-8-14/h1-3,7-8,15-16H,4-6,9-13H2,(H2,19,20,22,23). The van der Waals surface area contributed by atoms with Gasteiger partial charge in [-0.25, -0.2) is 4.79 Å². The highest BCUT2D eigenvalue weighted by molar-refractivity contribution is 5.95. The first-order chi connectivity index (χ1) is 11.2. The molecule has 1 unspecified atom stereocenters. The fourth-order valence-electron chi connectivity index (χ4n) is 3.71. The van der Waals surface area contributed by atoms with E-state index in [1.807, 2.05) is 18.2 Å². The molecule has 124 valence electrons. The van der Waals surface area contributed by atoms with Crippen molar-refractivity contribution in [2.24, 2.45) is 0 Å². The second-order valence-electron chi connectivity index (χ2n) is 6.54. The topological polar surface area (TPSA) is 61.4 Å². The Balaban J connectivity index is 1.49. The van der Waals surface area contributed by atoms with Gasteiger partial charge in [-0.15, -0.1) is 0 Å². The van der Waals surface area contributed by atoms with Gasteiger partial charge in [-0.05, 0) is 37.8 Å². The smallest absolute Gasteiger partial charge is 0.321 e. The molecule has 1 heterocycles. The molecule has 2 N–H and O–H groups in total. The number of rotatable bonds is 4. The SMILES string of the molecule is O=C(CN1CCCC1c1ccccc1)NC(=O)NC1CCCC1. The van der Waals surface area contributed by atoms with Crippen LogP contribution in [-0.2, 0) is 4.79 Å². The van der Waals surface area contributed by atoms with E-state index in [0.717, 1.165) is 45.1 Å². The number of likely N-dealkylation sites (tertiary alicyclic amines) is 1. The van der Waals surface area contributed by atoms with Gasteiger partial charge in [0, 0.05) is 12.1 Å². The van der Waals surface area contributed by atoms with E-state index >= 15 is 0 Å². The lowest BCUT2D eigenvalue weighted by molar-refractivity contribution is -0.121. The lowest BCUT2D eigenvalue weighted by Crippen LogP contribution is -2.46. The third-order valence-corrected chi connectivity index (χ3v) is 4.84. The molecule has 2 fully saturated rings. The highest BCUT2D eigenvalue weighted by Gasteiger charge is 2.28. The van der Waals surface area contributed by atoms with Gasteiger partial charge in [0.05, 0.1) is 6.54 Å². The summed E-state index contributed by atoms with van der Waals surface area (Å²) in [7, 11) is 0. The van der Waals surface area contributed by atoms with Crippen LogP contribution in [0.1, 0.15) is 50.1 Å². The van der Waals surface area contributed by atoms with Gasteiger partial charge in [-0.1, -0.05) is 43.2 Å². The minimum absolute atomic E-state index is 0.219. The second-order valence-corrected chi connectivity index (χ2v) is 6.54. The molecule has 1 aliphatic carbocycles. The van der Waals surface area contributed by atoms with Crippen molar-refractivity contribution < 1.29 is 9.59 Å². The summed E-state index contributed by atoms with van der Waals surface area (Å²) >= 11 is 0. The molecule has 5 nitrogen and oxygen atoms in total. The molecule has 1 aliphatic heterocycles. The Bertz CT molecular complexity index is 540. The van der Waals surface area contributed by atoms with E-state index in [2.05, 4.69) is 27.7 Å². The number of hydrogen-bond acceptors (Lipinski definition) is 3. The fraction of sp³-hybridized carbons (Fsp3) is 0.556.